The van der Waals surface area contributed by atoms with Gasteiger partial charge < -0.3 is 35.8 Å². The number of aromatic hydroxyl groups is 2. The van der Waals surface area contributed by atoms with Gasteiger partial charge in [-0.25, -0.2) is 4.52 Å². The van der Waals surface area contributed by atoms with Crippen molar-refractivity contribution in [2.75, 3.05) is 57.9 Å². The van der Waals surface area contributed by atoms with E-state index in [4.69, 9.17) is 4.74 Å². The van der Waals surface area contributed by atoms with Gasteiger partial charge in [-0.15, -0.1) is 0 Å². The van der Waals surface area contributed by atoms with Crippen molar-refractivity contribution in [2.45, 2.75) is 12.6 Å². The summed E-state index contributed by atoms with van der Waals surface area (Å²) in [4.78, 5) is 15.0. The van der Waals surface area contributed by atoms with E-state index in [0.29, 0.717) is 47.4 Å². The number of aromatic nitrogens is 2. The molecular formula is C24H29N5O6. The monoisotopic (exact) mass is 483 g/mol. The molecule has 0 spiro atoms. The van der Waals surface area contributed by atoms with Gasteiger partial charge in [0.1, 0.15) is 17.0 Å². The lowest BCUT2D eigenvalue weighted by atomic mass is 10.0. The molecule has 35 heavy (non-hydrogen) atoms. The average Bonchev–Trinajstić information content (AvgIpc) is 3.24. The maximum Gasteiger partial charge on any atom is 0.192 e. The first-order valence-electron chi connectivity index (χ1n) is 11.7. The number of fused-ring (bicyclic) bond motifs is 2. The van der Waals surface area contributed by atoms with Crippen LogP contribution in [-0.4, -0.2) is 93.6 Å². The highest BCUT2D eigenvalue weighted by Gasteiger charge is 2.24. The quantitative estimate of drug-likeness (QED) is 0.180. The zero-order valence-corrected chi connectivity index (χ0v) is 19.2. The molecule has 0 bridgehead atoms. The molecule has 1 aliphatic heterocycles. The third-order valence-corrected chi connectivity index (χ3v) is 6.57. The molecule has 0 atom stereocenters. The number of nitrogens with zero attached hydrogens (tertiary/aromatic N) is 3. The molecule has 0 saturated carbocycles. The summed E-state index contributed by atoms with van der Waals surface area (Å²) in [5, 5.41) is 52.9. The van der Waals surface area contributed by atoms with Crippen LogP contribution < -0.4 is 16.1 Å². The van der Waals surface area contributed by atoms with E-state index in [0.717, 1.165) is 19.6 Å². The molecule has 3 heterocycles. The van der Waals surface area contributed by atoms with E-state index < -0.39 is 11.5 Å². The van der Waals surface area contributed by atoms with Gasteiger partial charge in [0.25, 0.3) is 0 Å². The summed E-state index contributed by atoms with van der Waals surface area (Å²) >= 11 is 0. The molecule has 4 aromatic rings. The van der Waals surface area contributed by atoms with Gasteiger partial charge in [0.2, 0.25) is 0 Å². The van der Waals surface area contributed by atoms with E-state index in [-0.39, 0.29) is 42.2 Å². The Kier molecular flexibility index (Phi) is 6.58. The van der Waals surface area contributed by atoms with Gasteiger partial charge >= 0.3 is 0 Å². The third-order valence-electron chi connectivity index (χ3n) is 6.57. The van der Waals surface area contributed by atoms with E-state index in [1.54, 1.807) is 0 Å². The molecule has 0 aliphatic carbocycles. The minimum Gasteiger partial charge on any atom is -0.506 e. The van der Waals surface area contributed by atoms with Crippen molar-refractivity contribution >= 4 is 32.9 Å². The molecule has 186 valence electrons. The largest absolute Gasteiger partial charge is 0.506 e. The number of hydrogen-bond donors (Lipinski definition) is 6. The Morgan fingerprint density at radius 1 is 1.03 bits per heavy atom. The SMILES string of the molecule is O=c1ccc(O)c2c1c(O)c1c(NCCN3CCOCC3)ccc3c(CNC(CO)CO)nn2c31. The molecule has 1 saturated heterocycles. The number of benzene rings is 2. The zero-order chi connectivity index (χ0) is 24.5. The van der Waals surface area contributed by atoms with Crippen LogP contribution in [0.1, 0.15) is 5.69 Å². The number of hydrogen-bond acceptors (Lipinski definition) is 10. The Morgan fingerprint density at radius 3 is 2.54 bits per heavy atom. The standard InChI is InChI=1S/C24H29N5O6/c30-12-14(13-31)26-11-17-15-1-2-16(25-5-6-28-7-9-35-10-8-28)20-22(15)29(27-17)23-19(33)4-3-18(32)21(23)24(20)34/h1-4,14,25-26,30-31,33-34H,5-13H2. The number of morpholine rings is 1. The van der Waals surface area contributed by atoms with Gasteiger partial charge in [0, 0.05) is 43.8 Å². The predicted octanol–water partition coefficient (Wildman–Crippen LogP) is 0.0368. The molecular weight excluding hydrogens is 454 g/mol. The van der Waals surface area contributed by atoms with Crippen LogP contribution in [0.25, 0.3) is 27.2 Å². The Morgan fingerprint density at radius 2 is 1.80 bits per heavy atom. The minimum absolute atomic E-state index is 0.00701. The van der Waals surface area contributed by atoms with Gasteiger partial charge in [-0.1, -0.05) is 0 Å². The Labute approximate surface area is 200 Å². The van der Waals surface area contributed by atoms with Crippen LogP contribution in [0.2, 0.25) is 0 Å². The fourth-order valence-corrected chi connectivity index (χ4v) is 4.68. The number of rotatable bonds is 9. The van der Waals surface area contributed by atoms with Gasteiger partial charge in [0.15, 0.2) is 5.43 Å². The summed E-state index contributed by atoms with van der Waals surface area (Å²) in [6, 6.07) is 5.72. The Balaban J connectivity index is 1.62. The number of aliphatic hydroxyl groups is 2. The van der Waals surface area contributed by atoms with Gasteiger partial charge in [-0.2, -0.15) is 5.10 Å². The highest BCUT2D eigenvalue weighted by Crippen LogP contribution is 2.42. The number of anilines is 1. The zero-order valence-electron chi connectivity index (χ0n) is 19.2. The fourth-order valence-electron chi connectivity index (χ4n) is 4.68. The number of phenolic OH excluding ortho intramolecular Hbond substituents is 1. The molecule has 5 rings (SSSR count). The topological polar surface area (TPSA) is 152 Å². The van der Waals surface area contributed by atoms with Crippen molar-refractivity contribution in [1.82, 2.24) is 19.8 Å². The van der Waals surface area contributed by atoms with Crippen molar-refractivity contribution in [3.63, 3.8) is 0 Å². The lowest BCUT2D eigenvalue weighted by Crippen LogP contribution is -2.39. The molecule has 1 fully saturated rings. The first kappa shape index (κ1) is 23.5. The molecule has 2 aromatic heterocycles. The van der Waals surface area contributed by atoms with E-state index in [1.807, 2.05) is 12.1 Å². The van der Waals surface area contributed by atoms with Crippen molar-refractivity contribution in [3.8, 4) is 11.5 Å². The summed E-state index contributed by atoms with van der Waals surface area (Å²) < 4.78 is 6.89. The molecule has 6 N–H and O–H groups in total. The molecule has 0 unspecified atom stereocenters. The lowest BCUT2D eigenvalue weighted by Gasteiger charge is -2.26. The smallest absolute Gasteiger partial charge is 0.192 e. The molecule has 1 aliphatic rings. The van der Waals surface area contributed by atoms with Crippen LogP contribution in [0.15, 0.2) is 29.1 Å². The van der Waals surface area contributed by atoms with Gasteiger partial charge in [-0.3, -0.25) is 9.69 Å². The third kappa shape index (κ3) is 4.21. The van der Waals surface area contributed by atoms with E-state index >= 15 is 0 Å². The first-order valence-corrected chi connectivity index (χ1v) is 11.7. The molecule has 11 heteroatoms. The number of aliphatic hydroxyl groups excluding tert-OH is 2. The van der Waals surface area contributed by atoms with Crippen molar-refractivity contribution in [1.29, 1.82) is 0 Å². The van der Waals surface area contributed by atoms with Crippen molar-refractivity contribution in [3.05, 3.63) is 40.2 Å². The van der Waals surface area contributed by atoms with Crippen LogP contribution in [0.3, 0.4) is 0 Å². The van der Waals surface area contributed by atoms with E-state index in [1.165, 1.54) is 16.6 Å². The molecule has 2 aromatic carbocycles. The fraction of sp³-hybridized carbons (Fsp3) is 0.417. The second-order valence-corrected chi connectivity index (χ2v) is 8.72. The number of pyridine rings is 1. The Hall–Kier alpha value is -3.22. The van der Waals surface area contributed by atoms with Crippen LogP contribution in [-0.2, 0) is 11.3 Å². The normalized spacial score (nSPS) is 15.2. The highest BCUT2D eigenvalue weighted by atomic mass is 16.5. The van der Waals surface area contributed by atoms with E-state index in [9.17, 15) is 25.2 Å². The van der Waals surface area contributed by atoms with Crippen LogP contribution in [0.4, 0.5) is 5.69 Å². The molecule has 0 amide bonds. The molecule has 11 nitrogen and oxygen atoms in total. The molecule has 0 radical (unpaired) electrons. The van der Waals surface area contributed by atoms with Gasteiger partial charge in [0.05, 0.1) is 54.5 Å². The highest BCUT2D eigenvalue weighted by molar-refractivity contribution is 6.14. The van der Waals surface area contributed by atoms with Crippen LogP contribution in [0.5, 0.6) is 11.5 Å². The number of nitrogens with one attached hydrogen (secondary N) is 2. The summed E-state index contributed by atoms with van der Waals surface area (Å²) in [5.74, 6) is -0.383. The lowest BCUT2D eigenvalue weighted by molar-refractivity contribution is 0.0398. The second-order valence-electron chi connectivity index (χ2n) is 8.72. The average molecular weight is 484 g/mol. The summed E-state index contributed by atoms with van der Waals surface area (Å²) in [7, 11) is 0. The van der Waals surface area contributed by atoms with Crippen molar-refractivity contribution in [2.24, 2.45) is 0 Å². The van der Waals surface area contributed by atoms with Gasteiger partial charge in [-0.05, 0) is 24.3 Å². The predicted molar refractivity (Wildman–Crippen MR) is 132 cm³/mol. The second kappa shape index (κ2) is 9.80. The number of phenols is 1. The number of ether oxygens (including phenoxy) is 1. The maximum absolute atomic E-state index is 12.7. The summed E-state index contributed by atoms with van der Waals surface area (Å²) in [6.45, 7) is 4.32. The maximum atomic E-state index is 12.7. The van der Waals surface area contributed by atoms with E-state index in [2.05, 4.69) is 20.6 Å². The Bertz CT molecular complexity index is 1400. The first-order chi connectivity index (χ1) is 17.0. The minimum atomic E-state index is -0.519. The van der Waals surface area contributed by atoms with Crippen LogP contribution >= 0.6 is 0 Å². The van der Waals surface area contributed by atoms with Crippen molar-refractivity contribution < 1.29 is 25.2 Å². The van der Waals surface area contributed by atoms with Crippen LogP contribution in [0, 0.1) is 0 Å². The summed E-state index contributed by atoms with van der Waals surface area (Å²) in [6.07, 6.45) is 0. The summed E-state index contributed by atoms with van der Waals surface area (Å²) in [5.41, 5.74) is 1.51.